The molecule has 0 aromatic carbocycles. The molecule has 1 atom stereocenters. The van der Waals surface area contributed by atoms with E-state index in [2.05, 4.69) is 15.3 Å². The van der Waals surface area contributed by atoms with Gasteiger partial charge in [0.25, 0.3) is 0 Å². The number of hydrogen-bond donors (Lipinski definition) is 1. The molecule has 0 bridgehead atoms. The van der Waals surface area contributed by atoms with Gasteiger partial charge in [-0.1, -0.05) is 11.6 Å². The van der Waals surface area contributed by atoms with Crippen molar-refractivity contribution in [2.24, 2.45) is 12.8 Å². The molecule has 0 fully saturated rings. The molecule has 2 aromatic rings. The summed E-state index contributed by atoms with van der Waals surface area (Å²) in [6.45, 7) is 1.13. The number of ether oxygens (including phenoxy) is 1. The van der Waals surface area contributed by atoms with Crippen molar-refractivity contribution >= 4 is 11.6 Å². The summed E-state index contributed by atoms with van der Waals surface area (Å²) in [4.78, 5) is 1.46. The fourth-order valence-corrected chi connectivity index (χ4v) is 1.94. The number of hydrogen-bond acceptors (Lipinski definition) is 5. The van der Waals surface area contributed by atoms with Gasteiger partial charge < -0.3 is 10.5 Å². The summed E-state index contributed by atoms with van der Waals surface area (Å²) in [7, 11) is 3.37. The highest BCUT2D eigenvalue weighted by Crippen LogP contribution is 2.24. The van der Waals surface area contributed by atoms with Gasteiger partial charge in [-0.05, 0) is 0 Å². The van der Waals surface area contributed by atoms with Gasteiger partial charge in [-0.3, -0.25) is 4.68 Å². The van der Waals surface area contributed by atoms with E-state index in [-0.39, 0.29) is 0 Å². The molecule has 0 aliphatic rings. The lowest BCUT2D eigenvalue weighted by atomic mass is 10.1. The second kappa shape index (κ2) is 5.47. The Hall–Kier alpha value is -1.44. The standard InChI is InChI=1S/C10H15ClN6O/c1-16-13-6-8(15-16)9(12)10-7(11)5-14-17(10)3-4-18-2/h5-6,9H,3-4,12H2,1-2H3. The first-order valence-corrected chi connectivity index (χ1v) is 5.83. The monoisotopic (exact) mass is 270 g/mol. The van der Waals surface area contributed by atoms with Gasteiger partial charge >= 0.3 is 0 Å². The van der Waals surface area contributed by atoms with E-state index in [0.717, 1.165) is 0 Å². The largest absolute Gasteiger partial charge is 0.383 e. The summed E-state index contributed by atoms with van der Waals surface area (Å²) < 4.78 is 6.75. The van der Waals surface area contributed by atoms with Crippen LogP contribution in [0.4, 0.5) is 0 Å². The highest BCUT2D eigenvalue weighted by atomic mass is 35.5. The number of nitrogens with two attached hydrogens (primary N) is 1. The van der Waals surface area contributed by atoms with Crippen LogP contribution in [0, 0.1) is 0 Å². The van der Waals surface area contributed by atoms with Crippen LogP contribution in [0.15, 0.2) is 12.4 Å². The van der Waals surface area contributed by atoms with E-state index in [9.17, 15) is 0 Å². The molecule has 0 aliphatic heterocycles. The Balaban J connectivity index is 2.28. The maximum Gasteiger partial charge on any atom is 0.106 e. The van der Waals surface area contributed by atoms with Gasteiger partial charge in [0.2, 0.25) is 0 Å². The average Bonchev–Trinajstić information content (AvgIpc) is 2.92. The summed E-state index contributed by atoms with van der Waals surface area (Å²) in [6, 6.07) is -0.453. The Bertz CT molecular complexity index is 522. The van der Waals surface area contributed by atoms with E-state index < -0.39 is 6.04 Å². The first-order chi connectivity index (χ1) is 8.63. The van der Waals surface area contributed by atoms with Gasteiger partial charge in [0.15, 0.2) is 0 Å². The predicted octanol–water partition coefficient (Wildman–Crippen LogP) is 0.359. The lowest BCUT2D eigenvalue weighted by molar-refractivity contribution is 0.182. The van der Waals surface area contributed by atoms with Crippen molar-refractivity contribution in [3.63, 3.8) is 0 Å². The molecule has 18 heavy (non-hydrogen) atoms. The zero-order valence-corrected chi connectivity index (χ0v) is 11.0. The fourth-order valence-electron chi connectivity index (χ4n) is 1.68. The van der Waals surface area contributed by atoms with Gasteiger partial charge in [0.1, 0.15) is 5.69 Å². The highest BCUT2D eigenvalue weighted by molar-refractivity contribution is 6.31. The minimum absolute atomic E-state index is 0.453. The molecule has 2 heterocycles. The van der Waals surface area contributed by atoms with Crippen molar-refractivity contribution in [1.29, 1.82) is 0 Å². The fraction of sp³-hybridized carbons (Fsp3) is 0.500. The van der Waals surface area contributed by atoms with Crippen LogP contribution in [0.25, 0.3) is 0 Å². The van der Waals surface area contributed by atoms with Crippen LogP contribution in [-0.2, 0) is 18.3 Å². The number of nitrogens with zero attached hydrogens (tertiary/aromatic N) is 5. The van der Waals surface area contributed by atoms with E-state index in [0.29, 0.717) is 29.6 Å². The number of aromatic nitrogens is 5. The summed E-state index contributed by atoms with van der Waals surface area (Å²) in [6.07, 6.45) is 3.19. The van der Waals surface area contributed by atoms with Crippen LogP contribution in [0.3, 0.4) is 0 Å². The molecule has 7 nitrogen and oxygen atoms in total. The van der Waals surface area contributed by atoms with Crippen LogP contribution in [0.1, 0.15) is 17.4 Å². The molecule has 2 N–H and O–H groups in total. The topological polar surface area (TPSA) is 83.8 Å². The smallest absolute Gasteiger partial charge is 0.106 e. The molecule has 0 saturated carbocycles. The van der Waals surface area contributed by atoms with Crippen LogP contribution < -0.4 is 5.73 Å². The molecule has 2 rings (SSSR count). The van der Waals surface area contributed by atoms with Crippen molar-refractivity contribution in [3.8, 4) is 0 Å². The van der Waals surface area contributed by atoms with Crippen LogP contribution >= 0.6 is 11.6 Å². The van der Waals surface area contributed by atoms with Gasteiger partial charge in [-0.15, -0.1) is 0 Å². The number of aryl methyl sites for hydroxylation is 1. The first kappa shape index (κ1) is 13.0. The van der Waals surface area contributed by atoms with Gasteiger partial charge in [0.05, 0.1) is 42.3 Å². The minimum Gasteiger partial charge on any atom is -0.383 e. The lowest BCUT2D eigenvalue weighted by Crippen LogP contribution is -2.20. The summed E-state index contributed by atoms with van der Waals surface area (Å²) in [5.41, 5.74) is 7.51. The molecule has 0 spiro atoms. The van der Waals surface area contributed by atoms with Crippen molar-refractivity contribution in [2.75, 3.05) is 13.7 Å². The van der Waals surface area contributed by atoms with Gasteiger partial charge in [0, 0.05) is 14.2 Å². The minimum atomic E-state index is -0.453. The average molecular weight is 271 g/mol. The summed E-state index contributed by atoms with van der Waals surface area (Å²) in [5.74, 6) is 0. The SMILES string of the molecule is COCCn1ncc(Cl)c1C(N)c1cnn(C)n1. The number of methoxy groups -OCH3 is 1. The van der Waals surface area contributed by atoms with Gasteiger partial charge in [-0.2, -0.15) is 20.1 Å². The molecule has 0 radical (unpaired) electrons. The second-order valence-electron chi connectivity index (χ2n) is 3.83. The quantitative estimate of drug-likeness (QED) is 0.848. The van der Waals surface area contributed by atoms with E-state index in [1.165, 1.54) is 4.80 Å². The Morgan fingerprint density at radius 1 is 1.44 bits per heavy atom. The highest BCUT2D eigenvalue weighted by Gasteiger charge is 2.20. The zero-order chi connectivity index (χ0) is 13.1. The molecule has 98 valence electrons. The third-order valence-corrected chi connectivity index (χ3v) is 2.86. The Morgan fingerprint density at radius 3 is 2.83 bits per heavy atom. The maximum absolute atomic E-state index is 6.15. The van der Waals surface area contributed by atoms with Crippen LogP contribution in [0.5, 0.6) is 0 Å². The maximum atomic E-state index is 6.15. The van der Waals surface area contributed by atoms with Crippen molar-refractivity contribution < 1.29 is 4.74 Å². The Labute approximate surface area is 109 Å². The Morgan fingerprint density at radius 2 is 2.22 bits per heavy atom. The molecule has 2 aromatic heterocycles. The second-order valence-corrected chi connectivity index (χ2v) is 4.24. The molecule has 0 aliphatic carbocycles. The molecule has 1 unspecified atom stereocenters. The van der Waals surface area contributed by atoms with Crippen molar-refractivity contribution in [1.82, 2.24) is 24.8 Å². The summed E-state index contributed by atoms with van der Waals surface area (Å²) >= 11 is 6.12. The number of rotatable bonds is 5. The van der Waals surface area contributed by atoms with E-state index in [1.54, 1.807) is 31.2 Å². The normalized spacial score (nSPS) is 12.9. The third-order valence-electron chi connectivity index (χ3n) is 2.57. The van der Waals surface area contributed by atoms with Crippen molar-refractivity contribution in [3.05, 3.63) is 28.8 Å². The van der Waals surface area contributed by atoms with E-state index in [4.69, 9.17) is 22.1 Å². The lowest BCUT2D eigenvalue weighted by Gasteiger charge is -2.12. The first-order valence-electron chi connectivity index (χ1n) is 5.45. The van der Waals surface area contributed by atoms with Crippen molar-refractivity contribution in [2.45, 2.75) is 12.6 Å². The summed E-state index contributed by atoms with van der Waals surface area (Å²) in [5, 5.41) is 12.9. The predicted molar refractivity (Wildman–Crippen MR) is 66.1 cm³/mol. The molecule has 8 heteroatoms. The molecular formula is C10H15ClN6O. The third kappa shape index (κ3) is 2.53. The zero-order valence-electron chi connectivity index (χ0n) is 10.2. The molecular weight excluding hydrogens is 256 g/mol. The van der Waals surface area contributed by atoms with Crippen LogP contribution in [-0.4, -0.2) is 38.5 Å². The van der Waals surface area contributed by atoms with Crippen LogP contribution in [0.2, 0.25) is 5.02 Å². The molecule has 0 saturated heterocycles. The van der Waals surface area contributed by atoms with Gasteiger partial charge in [-0.25, -0.2) is 0 Å². The number of halogens is 1. The molecule has 0 amide bonds. The van der Waals surface area contributed by atoms with E-state index in [1.807, 2.05) is 0 Å². The van der Waals surface area contributed by atoms with E-state index >= 15 is 0 Å². The Kier molecular flexibility index (Phi) is 3.95.